The van der Waals surface area contributed by atoms with Crippen LogP contribution in [0, 0.1) is 10.1 Å². The molecule has 0 aliphatic carbocycles. The standard InChI is InChI=1S/C6H6N2O3.H2O/c1-11-6-5(8(9)10)3-2-4-7-6;/h2-4H,1H3;1H2. The molecule has 1 aromatic rings. The van der Waals surface area contributed by atoms with Crippen molar-refractivity contribution < 1.29 is 15.1 Å². The molecule has 6 heteroatoms. The lowest BCUT2D eigenvalue weighted by atomic mass is 10.4. The second kappa shape index (κ2) is 4.24. The molecule has 0 bridgehead atoms. The summed E-state index contributed by atoms with van der Waals surface area (Å²) in [5.41, 5.74) is -0.116. The summed E-state index contributed by atoms with van der Waals surface area (Å²) < 4.78 is 4.65. The number of aromatic nitrogens is 1. The van der Waals surface area contributed by atoms with E-state index in [0.29, 0.717) is 0 Å². The van der Waals surface area contributed by atoms with E-state index in [-0.39, 0.29) is 17.0 Å². The summed E-state index contributed by atoms with van der Waals surface area (Å²) in [6, 6.07) is 2.83. The molecule has 12 heavy (non-hydrogen) atoms. The third kappa shape index (κ3) is 1.89. The topological polar surface area (TPSA) is 96.8 Å². The van der Waals surface area contributed by atoms with E-state index in [4.69, 9.17) is 0 Å². The summed E-state index contributed by atoms with van der Waals surface area (Å²) in [5, 5.41) is 10.3. The molecule has 0 amide bonds. The van der Waals surface area contributed by atoms with Gasteiger partial charge in [-0.2, -0.15) is 0 Å². The third-order valence-electron chi connectivity index (χ3n) is 1.14. The maximum atomic E-state index is 10.3. The van der Waals surface area contributed by atoms with Gasteiger partial charge in [-0.05, 0) is 6.07 Å². The van der Waals surface area contributed by atoms with Gasteiger partial charge in [0.25, 0.3) is 5.88 Å². The first kappa shape index (κ1) is 10.3. The van der Waals surface area contributed by atoms with Crippen LogP contribution < -0.4 is 4.74 Å². The molecule has 0 aromatic carbocycles. The Labute approximate surface area is 68.3 Å². The summed E-state index contributed by atoms with van der Waals surface area (Å²) in [4.78, 5) is 13.4. The van der Waals surface area contributed by atoms with Crippen molar-refractivity contribution in [1.82, 2.24) is 4.98 Å². The minimum Gasteiger partial charge on any atom is -0.476 e. The Morgan fingerprint density at radius 1 is 1.67 bits per heavy atom. The van der Waals surface area contributed by atoms with Crippen LogP contribution in [0.1, 0.15) is 0 Å². The molecule has 0 saturated carbocycles. The van der Waals surface area contributed by atoms with Gasteiger partial charge in [-0.3, -0.25) is 10.1 Å². The number of rotatable bonds is 2. The number of nitrogens with zero attached hydrogens (tertiary/aromatic N) is 2. The molecule has 1 aromatic heterocycles. The van der Waals surface area contributed by atoms with Crippen molar-refractivity contribution in [3.8, 4) is 5.88 Å². The number of ether oxygens (including phenoxy) is 1. The van der Waals surface area contributed by atoms with Gasteiger partial charge in [-0.25, -0.2) is 4.98 Å². The lowest BCUT2D eigenvalue weighted by Gasteiger charge is -1.96. The number of hydrogen-bond acceptors (Lipinski definition) is 4. The van der Waals surface area contributed by atoms with Crippen LogP contribution in [0.3, 0.4) is 0 Å². The van der Waals surface area contributed by atoms with Crippen LogP contribution in [-0.4, -0.2) is 22.5 Å². The summed E-state index contributed by atoms with van der Waals surface area (Å²) in [6.45, 7) is 0. The summed E-state index contributed by atoms with van der Waals surface area (Å²) >= 11 is 0. The zero-order valence-corrected chi connectivity index (χ0v) is 6.35. The van der Waals surface area contributed by atoms with Gasteiger partial charge in [0.2, 0.25) is 0 Å². The first-order chi connectivity index (χ1) is 5.25. The lowest BCUT2D eigenvalue weighted by molar-refractivity contribution is -0.386. The van der Waals surface area contributed by atoms with Crippen molar-refractivity contribution in [3.63, 3.8) is 0 Å². The van der Waals surface area contributed by atoms with Gasteiger partial charge in [0.15, 0.2) is 0 Å². The molecule has 0 atom stereocenters. The van der Waals surface area contributed by atoms with Crippen molar-refractivity contribution in [2.24, 2.45) is 0 Å². The molecule has 0 spiro atoms. The normalized spacial score (nSPS) is 8.42. The van der Waals surface area contributed by atoms with E-state index in [1.807, 2.05) is 0 Å². The van der Waals surface area contributed by atoms with E-state index in [2.05, 4.69) is 9.72 Å². The molecule has 0 aliphatic heterocycles. The van der Waals surface area contributed by atoms with E-state index in [0.717, 1.165) is 0 Å². The monoisotopic (exact) mass is 172 g/mol. The van der Waals surface area contributed by atoms with Crippen molar-refractivity contribution in [3.05, 3.63) is 28.4 Å². The molecule has 66 valence electrons. The van der Waals surface area contributed by atoms with Crippen LogP contribution in [-0.2, 0) is 0 Å². The minimum atomic E-state index is -0.536. The number of methoxy groups -OCH3 is 1. The highest BCUT2D eigenvalue weighted by Crippen LogP contribution is 2.21. The molecule has 0 saturated heterocycles. The summed E-state index contributed by atoms with van der Waals surface area (Å²) in [5.74, 6) is 0.0394. The molecule has 0 unspecified atom stereocenters. The van der Waals surface area contributed by atoms with Crippen molar-refractivity contribution in [2.45, 2.75) is 0 Å². The summed E-state index contributed by atoms with van der Waals surface area (Å²) in [6.07, 6.45) is 1.44. The van der Waals surface area contributed by atoms with Crippen LogP contribution in [0.4, 0.5) is 5.69 Å². The third-order valence-corrected chi connectivity index (χ3v) is 1.14. The Hall–Kier alpha value is -1.69. The quantitative estimate of drug-likeness (QED) is 0.469. The largest absolute Gasteiger partial charge is 0.476 e. The van der Waals surface area contributed by atoms with Crippen LogP contribution >= 0.6 is 0 Å². The molecular formula is C6H8N2O4. The van der Waals surface area contributed by atoms with Crippen LogP contribution in [0.2, 0.25) is 0 Å². The van der Waals surface area contributed by atoms with E-state index < -0.39 is 4.92 Å². The molecule has 1 rings (SSSR count). The number of pyridine rings is 1. The molecule has 1 heterocycles. The van der Waals surface area contributed by atoms with Crippen molar-refractivity contribution in [2.75, 3.05) is 7.11 Å². The van der Waals surface area contributed by atoms with Crippen molar-refractivity contribution >= 4 is 5.69 Å². The van der Waals surface area contributed by atoms with Gasteiger partial charge < -0.3 is 10.2 Å². The summed E-state index contributed by atoms with van der Waals surface area (Å²) in [7, 11) is 1.34. The van der Waals surface area contributed by atoms with E-state index in [1.165, 1.54) is 25.4 Å². The first-order valence-corrected chi connectivity index (χ1v) is 2.89. The highest BCUT2D eigenvalue weighted by Gasteiger charge is 2.13. The minimum absolute atomic E-state index is 0. The fraction of sp³-hybridized carbons (Fsp3) is 0.167. The highest BCUT2D eigenvalue weighted by molar-refractivity contribution is 5.39. The predicted molar refractivity (Wildman–Crippen MR) is 41.1 cm³/mol. The first-order valence-electron chi connectivity index (χ1n) is 2.89. The van der Waals surface area contributed by atoms with E-state index >= 15 is 0 Å². The maximum Gasteiger partial charge on any atom is 0.330 e. The SMILES string of the molecule is COc1ncccc1[N+](=O)[O-].O. The zero-order chi connectivity index (χ0) is 8.27. The van der Waals surface area contributed by atoms with Crippen LogP contribution in [0.5, 0.6) is 5.88 Å². The van der Waals surface area contributed by atoms with Gasteiger partial charge in [0.1, 0.15) is 0 Å². The smallest absolute Gasteiger partial charge is 0.330 e. The average molecular weight is 172 g/mol. The Balaban J connectivity index is 0.00000121. The predicted octanol–water partition coefficient (Wildman–Crippen LogP) is 0.174. The van der Waals surface area contributed by atoms with Crippen molar-refractivity contribution in [1.29, 1.82) is 0 Å². The Morgan fingerprint density at radius 2 is 2.33 bits per heavy atom. The Morgan fingerprint density at radius 3 is 2.75 bits per heavy atom. The zero-order valence-electron chi connectivity index (χ0n) is 6.35. The molecule has 2 N–H and O–H groups in total. The molecule has 0 radical (unpaired) electrons. The number of nitro groups is 1. The number of hydrogen-bond donors (Lipinski definition) is 0. The second-order valence-electron chi connectivity index (χ2n) is 1.79. The Kier molecular flexibility index (Phi) is 3.65. The van der Waals surface area contributed by atoms with Crippen LogP contribution in [0.15, 0.2) is 18.3 Å². The van der Waals surface area contributed by atoms with Gasteiger partial charge >= 0.3 is 5.69 Å². The highest BCUT2D eigenvalue weighted by atomic mass is 16.6. The second-order valence-corrected chi connectivity index (χ2v) is 1.79. The maximum absolute atomic E-state index is 10.3. The molecule has 6 nitrogen and oxygen atoms in total. The average Bonchev–Trinajstić information content (AvgIpc) is 2.04. The van der Waals surface area contributed by atoms with Gasteiger partial charge in [0.05, 0.1) is 12.0 Å². The van der Waals surface area contributed by atoms with Gasteiger partial charge in [0, 0.05) is 12.3 Å². The van der Waals surface area contributed by atoms with E-state index in [1.54, 1.807) is 0 Å². The van der Waals surface area contributed by atoms with E-state index in [9.17, 15) is 10.1 Å². The van der Waals surface area contributed by atoms with Gasteiger partial charge in [-0.15, -0.1) is 0 Å². The lowest BCUT2D eigenvalue weighted by Crippen LogP contribution is -1.94. The molecular weight excluding hydrogens is 164 g/mol. The fourth-order valence-electron chi connectivity index (χ4n) is 0.679. The van der Waals surface area contributed by atoms with Gasteiger partial charge in [-0.1, -0.05) is 0 Å². The molecule has 0 aliphatic rings. The van der Waals surface area contributed by atoms with Crippen LogP contribution in [0.25, 0.3) is 0 Å². The Bertz CT molecular complexity index is 276. The molecule has 0 fully saturated rings. The fourth-order valence-corrected chi connectivity index (χ4v) is 0.679.